The van der Waals surface area contributed by atoms with E-state index in [-0.39, 0.29) is 18.0 Å². The molecule has 0 saturated heterocycles. The molecule has 27 heavy (non-hydrogen) atoms. The van der Waals surface area contributed by atoms with Gasteiger partial charge in [-0.3, -0.25) is 4.79 Å². The zero-order chi connectivity index (χ0) is 19.8. The average molecular weight is 369 g/mol. The van der Waals surface area contributed by atoms with Crippen LogP contribution in [0.15, 0.2) is 48.5 Å². The molecule has 0 aliphatic rings. The molecule has 0 atom stereocenters. The fourth-order valence-corrected chi connectivity index (χ4v) is 2.31. The summed E-state index contributed by atoms with van der Waals surface area (Å²) < 4.78 is 4.67. The summed E-state index contributed by atoms with van der Waals surface area (Å²) in [5, 5.41) is 8.23. The van der Waals surface area contributed by atoms with Crippen LogP contribution in [0.4, 0.5) is 10.5 Å². The lowest BCUT2D eigenvalue weighted by molar-refractivity contribution is 0.0600. The summed E-state index contributed by atoms with van der Waals surface area (Å²) in [4.78, 5) is 35.5. The van der Waals surface area contributed by atoms with Crippen molar-refractivity contribution in [1.29, 1.82) is 0 Å². The average Bonchev–Trinajstić information content (AvgIpc) is 2.65. The van der Waals surface area contributed by atoms with Crippen LogP contribution in [-0.4, -0.2) is 31.1 Å². The van der Waals surface area contributed by atoms with Crippen molar-refractivity contribution < 1.29 is 19.1 Å². The quantitative estimate of drug-likeness (QED) is 0.682. The van der Waals surface area contributed by atoms with Crippen LogP contribution in [0.3, 0.4) is 0 Å². The fraction of sp³-hybridized carbons (Fsp3) is 0.250. The van der Waals surface area contributed by atoms with Crippen molar-refractivity contribution in [2.45, 2.75) is 26.4 Å². The van der Waals surface area contributed by atoms with Gasteiger partial charge in [-0.15, -0.1) is 0 Å². The molecule has 0 radical (unpaired) electrons. The molecule has 0 spiro atoms. The van der Waals surface area contributed by atoms with Gasteiger partial charge in [-0.2, -0.15) is 0 Å². The number of carbonyl (C=O) groups excluding carboxylic acids is 3. The fourth-order valence-electron chi connectivity index (χ4n) is 2.31. The van der Waals surface area contributed by atoms with Gasteiger partial charge < -0.3 is 20.7 Å². The number of hydrogen-bond donors (Lipinski definition) is 3. The number of methoxy groups -OCH3 is 1. The molecule has 3 amide bonds. The van der Waals surface area contributed by atoms with Crippen LogP contribution in [0.5, 0.6) is 0 Å². The predicted molar refractivity (Wildman–Crippen MR) is 103 cm³/mol. The second-order valence-corrected chi connectivity index (χ2v) is 6.21. The Morgan fingerprint density at radius 3 is 2.33 bits per heavy atom. The van der Waals surface area contributed by atoms with Gasteiger partial charge in [-0.1, -0.05) is 18.2 Å². The SMILES string of the molecule is COC(=O)c1cccc(NC(=O)c2ccc(CNC(=O)NC(C)C)cc2)c1. The van der Waals surface area contributed by atoms with Crippen molar-refractivity contribution in [2.24, 2.45) is 0 Å². The van der Waals surface area contributed by atoms with E-state index in [1.54, 1.807) is 48.5 Å². The molecule has 0 saturated carbocycles. The number of hydrogen-bond acceptors (Lipinski definition) is 4. The lowest BCUT2D eigenvalue weighted by Gasteiger charge is -2.10. The molecule has 0 unspecified atom stereocenters. The Hall–Kier alpha value is -3.35. The van der Waals surface area contributed by atoms with E-state index in [1.165, 1.54) is 7.11 Å². The Labute approximate surface area is 158 Å². The number of benzene rings is 2. The first-order chi connectivity index (χ1) is 12.9. The Bertz CT molecular complexity index is 816. The van der Waals surface area contributed by atoms with Crippen molar-refractivity contribution in [2.75, 3.05) is 12.4 Å². The third-order valence-corrected chi connectivity index (χ3v) is 3.63. The maximum Gasteiger partial charge on any atom is 0.337 e. The second kappa shape index (κ2) is 9.38. The first-order valence-electron chi connectivity index (χ1n) is 8.52. The highest BCUT2D eigenvalue weighted by Gasteiger charge is 2.10. The smallest absolute Gasteiger partial charge is 0.337 e. The Balaban J connectivity index is 1.95. The number of carbonyl (C=O) groups is 3. The standard InChI is InChI=1S/C20H23N3O4/c1-13(2)22-20(26)21-12-14-7-9-15(10-8-14)18(24)23-17-6-4-5-16(11-17)19(25)27-3/h4-11,13H,12H2,1-3H3,(H,23,24)(H2,21,22,26). The summed E-state index contributed by atoms with van der Waals surface area (Å²) >= 11 is 0. The van der Waals surface area contributed by atoms with Crippen LogP contribution >= 0.6 is 0 Å². The van der Waals surface area contributed by atoms with E-state index < -0.39 is 5.97 Å². The number of ether oxygens (including phenoxy) is 1. The van der Waals surface area contributed by atoms with Gasteiger partial charge in [0.15, 0.2) is 0 Å². The number of anilines is 1. The van der Waals surface area contributed by atoms with Crippen molar-refractivity contribution in [3.05, 3.63) is 65.2 Å². The van der Waals surface area contributed by atoms with Gasteiger partial charge in [0.2, 0.25) is 0 Å². The van der Waals surface area contributed by atoms with E-state index in [0.29, 0.717) is 23.4 Å². The molecule has 0 aliphatic heterocycles. The molecular formula is C20H23N3O4. The van der Waals surface area contributed by atoms with Crippen LogP contribution in [0.1, 0.15) is 40.1 Å². The molecule has 0 aromatic heterocycles. The highest BCUT2D eigenvalue weighted by atomic mass is 16.5. The number of urea groups is 1. The van der Waals surface area contributed by atoms with E-state index in [0.717, 1.165) is 5.56 Å². The summed E-state index contributed by atoms with van der Waals surface area (Å²) in [6.07, 6.45) is 0. The van der Waals surface area contributed by atoms with Gasteiger partial charge in [0.25, 0.3) is 5.91 Å². The minimum atomic E-state index is -0.468. The van der Waals surface area contributed by atoms with Gasteiger partial charge >= 0.3 is 12.0 Å². The zero-order valence-electron chi connectivity index (χ0n) is 15.5. The second-order valence-electron chi connectivity index (χ2n) is 6.21. The number of esters is 1. The first-order valence-corrected chi connectivity index (χ1v) is 8.52. The van der Waals surface area contributed by atoms with Crippen molar-refractivity contribution in [3.8, 4) is 0 Å². The summed E-state index contributed by atoms with van der Waals surface area (Å²) in [6, 6.07) is 13.2. The lowest BCUT2D eigenvalue weighted by Crippen LogP contribution is -2.39. The molecule has 0 heterocycles. The normalized spacial score (nSPS) is 10.2. The maximum atomic E-state index is 12.4. The Morgan fingerprint density at radius 2 is 1.70 bits per heavy atom. The molecule has 2 aromatic carbocycles. The topological polar surface area (TPSA) is 96.5 Å². The summed E-state index contributed by atoms with van der Waals surface area (Å²) in [6.45, 7) is 4.13. The van der Waals surface area contributed by atoms with Crippen LogP contribution in [-0.2, 0) is 11.3 Å². The van der Waals surface area contributed by atoms with Gasteiger partial charge in [-0.05, 0) is 49.7 Å². The molecule has 2 rings (SSSR count). The molecule has 0 aliphatic carbocycles. The number of amides is 3. The molecule has 3 N–H and O–H groups in total. The molecule has 0 fully saturated rings. The van der Waals surface area contributed by atoms with Crippen molar-refractivity contribution in [3.63, 3.8) is 0 Å². The van der Waals surface area contributed by atoms with Crippen molar-refractivity contribution >= 4 is 23.6 Å². The van der Waals surface area contributed by atoms with Gasteiger partial charge in [-0.25, -0.2) is 9.59 Å². The summed E-state index contributed by atoms with van der Waals surface area (Å²) in [5.74, 6) is -0.765. The Kier molecular flexibility index (Phi) is 6.93. The van der Waals surface area contributed by atoms with E-state index in [4.69, 9.17) is 0 Å². The minimum absolute atomic E-state index is 0.0637. The third kappa shape index (κ3) is 6.14. The van der Waals surface area contributed by atoms with Crippen LogP contribution in [0.2, 0.25) is 0 Å². The van der Waals surface area contributed by atoms with Gasteiger partial charge in [0.1, 0.15) is 0 Å². The maximum absolute atomic E-state index is 12.4. The number of nitrogens with one attached hydrogen (secondary N) is 3. The molecular weight excluding hydrogens is 346 g/mol. The molecule has 2 aromatic rings. The van der Waals surface area contributed by atoms with Crippen LogP contribution < -0.4 is 16.0 Å². The lowest BCUT2D eigenvalue weighted by atomic mass is 10.1. The molecule has 142 valence electrons. The van der Waals surface area contributed by atoms with Crippen LogP contribution in [0, 0.1) is 0 Å². The van der Waals surface area contributed by atoms with Crippen LogP contribution in [0.25, 0.3) is 0 Å². The molecule has 0 bridgehead atoms. The van der Waals surface area contributed by atoms with E-state index in [2.05, 4.69) is 20.7 Å². The van der Waals surface area contributed by atoms with Gasteiger partial charge in [0.05, 0.1) is 12.7 Å². The third-order valence-electron chi connectivity index (χ3n) is 3.63. The van der Waals surface area contributed by atoms with Crippen molar-refractivity contribution in [1.82, 2.24) is 10.6 Å². The minimum Gasteiger partial charge on any atom is -0.465 e. The van der Waals surface area contributed by atoms with E-state index in [9.17, 15) is 14.4 Å². The van der Waals surface area contributed by atoms with E-state index >= 15 is 0 Å². The summed E-state index contributed by atoms with van der Waals surface area (Å²) in [5.41, 5.74) is 2.20. The Morgan fingerprint density at radius 1 is 1.00 bits per heavy atom. The number of rotatable bonds is 6. The zero-order valence-corrected chi connectivity index (χ0v) is 15.5. The van der Waals surface area contributed by atoms with Gasteiger partial charge in [0, 0.05) is 23.8 Å². The monoisotopic (exact) mass is 369 g/mol. The van der Waals surface area contributed by atoms with E-state index in [1.807, 2.05) is 13.8 Å². The molecule has 7 nitrogen and oxygen atoms in total. The highest BCUT2D eigenvalue weighted by Crippen LogP contribution is 2.13. The largest absolute Gasteiger partial charge is 0.465 e. The summed E-state index contributed by atoms with van der Waals surface area (Å²) in [7, 11) is 1.30. The highest BCUT2D eigenvalue weighted by molar-refractivity contribution is 6.04. The predicted octanol–water partition coefficient (Wildman–Crippen LogP) is 2.93. The molecule has 7 heteroatoms. The first kappa shape index (κ1) is 20.0.